The van der Waals surface area contributed by atoms with E-state index in [0.29, 0.717) is 10.0 Å². The smallest absolute Gasteiger partial charge is 0.132 e. The van der Waals surface area contributed by atoms with Crippen LogP contribution in [0.15, 0.2) is 22.8 Å². The van der Waals surface area contributed by atoms with Gasteiger partial charge < -0.3 is 4.57 Å². The first-order chi connectivity index (χ1) is 7.50. The maximum absolute atomic E-state index is 6.00. The largest absolute Gasteiger partial charge is 0.330 e. The van der Waals surface area contributed by atoms with Crippen LogP contribution in [0, 0.1) is 6.92 Å². The van der Waals surface area contributed by atoms with Gasteiger partial charge in [0.1, 0.15) is 10.4 Å². The van der Waals surface area contributed by atoms with Crippen LogP contribution in [0.5, 0.6) is 0 Å². The number of benzene rings is 1. The summed E-state index contributed by atoms with van der Waals surface area (Å²) in [5.74, 6) is 0.938. The molecule has 0 saturated carbocycles. The molecule has 2 aromatic rings. The number of nitrogens with zero attached hydrogens (tertiary/aromatic N) is 2. The molecule has 0 aliphatic heterocycles. The van der Waals surface area contributed by atoms with Crippen molar-refractivity contribution in [1.82, 2.24) is 9.55 Å². The van der Waals surface area contributed by atoms with Gasteiger partial charge in [-0.2, -0.15) is 0 Å². The highest BCUT2D eigenvalue weighted by atomic mass is 79.9. The second kappa shape index (κ2) is 4.40. The molecule has 1 aromatic heterocycles. The van der Waals surface area contributed by atoms with Gasteiger partial charge in [-0.15, -0.1) is 0 Å². The molecule has 0 N–H and O–H groups in total. The minimum absolute atomic E-state index is 0.546. The lowest BCUT2D eigenvalue weighted by Gasteiger charge is -2.05. The molecule has 0 atom stereocenters. The van der Waals surface area contributed by atoms with Gasteiger partial charge in [0.25, 0.3) is 0 Å². The number of hydrogen-bond acceptors (Lipinski definition) is 1. The Bertz CT molecular complexity index is 549. The molecular formula is C11H9BrCl2N2. The zero-order chi connectivity index (χ0) is 11.9. The molecule has 0 amide bonds. The SMILES string of the molecule is Cc1nc(Br)c(-c2ccc(Cl)c(Cl)c2)n1C. The van der Waals surface area contributed by atoms with E-state index < -0.39 is 0 Å². The molecule has 0 saturated heterocycles. The van der Waals surface area contributed by atoms with E-state index in [1.165, 1.54) is 0 Å². The van der Waals surface area contributed by atoms with Gasteiger partial charge in [0.2, 0.25) is 0 Å². The maximum Gasteiger partial charge on any atom is 0.132 e. The van der Waals surface area contributed by atoms with E-state index in [2.05, 4.69) is 20.9 Å². The molecule has 2 nitrogen and oxygen atoms in total. The third-order valence-electron chi connectivity index (χ3n) is 2.47. The fourth-order valence-corrected chi connectivity index (χ4v) is 2.58. The van der Waals surface area contributed by atoms with E-state index >= 15 is 0 Å². The lowest BCUT2D eigenvalue weighted by Crippen LogP contribution is -1.94. The predicted molar refractivity (Wildman–Crippen MR) is 71.1 cm³/mol. The van der Waals surface area contributed by atoms with Gasteiger partial charge in [0.15, 0.2) is 0 Å². The first-order valence-electron chi connectivity index (χ1n) is 4.65. The molecule has 0 bridgehead atoms. The first kappa shape index (κ1) is 12.0. The Hall–Kier alpha value is -0.510. The molecule has 0 fully saturated rings. The van der Waals surface area contributed by atoms with Gasteiger partial charge in [-0.1, -0.05) is 29.3 Å². The molecule has 0 aliphatic carbocycles. The highest BCUT2D eigenvalue weighted by Crippen LogP contribution is 2.32. The molecule has 16 heavy (non-hydrogen) atoms. The molecule has 5 heteroatoms. The quantitative estimate of drug-likeness (QED) is 0.758. The van der Waals surface area contributed by atoms with Crippen LogP contribution in [-0.4, -0.2) is 9.55 Å². The van der Waals surface area contributed by atoms with Crippen LogP contribution in [0.3, 0.4) is 0 Å². The van der Waals surface area contributed by atoms with Crippen molar-refractivity contribution in [2.45, 2.75) is 6.92 Å². The number of hydrogen-bond donors (Lipinski definition) is 0. The Morgan fingerprint density at radius 2 is 1.94 bits per heavy atom. The van der Waals surface area contributed by atoms with Gasteiger partial charge in [0, 0.05) is 12.6 Å². The minimum Gasteiger partial charge on any atom is -0.330 e. The standard InChI is InChI=1S/C11H9BrCl2N2/c1-6-15-11(12)10(16(6)2)7-3-4-8(13)9(14)5-7/h3-5H,1-2H3. The molecule has 0 unspecified atom stereocenters. The Morgan fingerprint density at radius 1 is 1.25 bits per heavy atom. The van der Waals surface area contributed by atoms with E-state index in [0.717, 1.165) is 21.7 Å². The van der Waals surface area contributed by atoms with Crippen LogP contribution in [-0.2, 0) is 7.05 Å². The van der Waals surface area contributed by atoms with Crippen molar-refractivity contribution in [2.24, 2.45) is 7.05 Å². The summed E-state index contributed by atoms with van der Waals surface area (Å²) in [7, 11) is 1.96. The molecule has 1 heterocycles. The molecule has 2 rings (SSSR count). The van der Waals surface area contributed by atoms with Crippen molar-refractivity contribution in [2.75, 3.05) is 0 Å². The summed E-state index contributed by atoms with van der Waals surface area (Å²) in [6.07, 6.45) is 0. The Labute approximate surface area is 112 Å². The van der Waals surface area contributed by atoms with Crippen LogP contribution in [0.1, 0.15) is 5.82 Å². The van der Waals surface area contributed by atoms with Gasteiger partial charge in [0.05, 0.1) is 15.7 Å². The summed E-state index contributed by atoms with van der Waals surface area (Å²) in [5, 5.41) is 1.10. The van der Waals surface area contributed by atoms with E-state index in [4.69, 9.17) is 23.2 Å². The van der Waals surface area contributed by atoms with Gasteiger partial charge in [-0.05, 0) is 35.0 Å². The average molecular weight is 320 g/mol. The van der Waals surface area contributed by atoms with E-state index in [-0.39, 0.29) is 0 Å². The highest BCUT2D eigenvalue weighted by molar-refractivity contribution is 9.10. The second-order valence-corrected chi connectivity index (χ2v) is 5.05. The van der Waals surface area contributed by atoms with Gasteiger partial charge >= 0.3 is 0 Å². The summed E-state index contributed by atoms with van der Waals surface area (Å²) < 4.78 is 2.81. The van der Waals surface area contributed by atoms with E-state index in [1.54, 1.807) is 6.07 Å². The van der Waals surface area contributed by atoms with Crippen molar-refractivity contribution in [3.05, 3.63) is 38.7 Å². The van der Waals surface area contributed by atoms with Crippen LogP contribution in [0.2, 0.25) is 10.0 Å². The predicted octanol–water partition coefficient (Wildman–Crippen LogP) is 4.46. The lowest BCUT2D eigenvalue weighted by molar-refractivity contribution is 0.865. The van der Waals surface area contributed by atoms with Crippen LogP contribution in [0.4, 0.5) is 0 Å². The zero-order valence-electron chi connectivity index (χ0n) is 8.76. The number of rotatable bonds is 1. The summed E-state index contributed by atoms with van der Waals surface area (Å²) in [6, 6.07) is 5.55. The third-order valence-corrected chi connectivity index (χ3v) is 3.76. The molecule has 0 spiro atoms. The van der Waals surface area contributed by atoms with Crippen molar-refractivity contribution in [1.29, 1.82) is 0 Å². The van der Waals surface area contributed by atoms with Crippen LogP contribution < -0.4 is 0 Å². The van der Waals surface area contributed by atoms with Gasteiger partial charge in [-0.3, -0.25) is 0 Å². The topological polar surface area (TPSA) is 17.8 Å². The highest BCUT2D eigenvalue weighted by Gasteiger charge is 2.12. The van der Waals surface area contributed by atoms with Crippen molar-refractivity contribution < 1.29 is 0 Å². The summed E-state index contributed by atoms with van der Waals surface area (Å²) in [4.78, 5) is 4.34. The van der Waals surface area contributed by atoms with Crippen molar-refractivity contribution >= 4 is 39.1 Å². The Morgan fingerprint density at radius 3 is 2.44 bits per heavy atom. The third kappa shape index (κ3) is 1.99. The molecule has 0 radical (unpaired) electrons. The Balaban J connectivity index is 2.63. The van der Waals surface area contributed by atoms with Crippen molar-refractivity contribution in [3.8, 4) is 11.3 Å². The molecule has 1 aromatic carbocycles. The number of imidazole rings is 1. The van der Waals surface area contributed by atoms with E-state index in [9.17, 15) is 0 Å². The second-order valence-electron chi connectivity index (χ2n) is 3.49. The average Bonchev–Trinajstić information content (AvgIpc) is 2.47. The number of halogens is 3. The van der Waals surface area contributed by atoms with Crippen LogP contribution >= 0.6 is 39.1 Å². The summed E-state index contributed by atoms with van der Waals surface area (Å²) in [6.45, 7) is 1.95. The molecular weight excluding hydrogens is 311 g/mol. The molecule has 0 aliphatic rings. The fraction of sp³-hybridized carbons (Fsp3) is 0.182. The normalized spacial score (nSPS) is 10.8. The summed E-state index contributed by atoms with van der Waals surface area (Å²) >= 11 is 15.3. The first-order valence-corrected chi connectivity index (χ1v) is 6.20. The fourth-order valence-electron chi connectivity index (χ4n) is 1.53. The number of aromatic nitrogens is 2. The van der Waals surface area contributed by atoms with E-state index in [1.807, 2.05) is 30.7 Å². The zero-order valence-corrected chi connectivity index (χ0v) is 11.9. The Kier molecular flexibility index (Phi) is 3.29. The number of aryl methyl sites for hydroxylation is 1. The van der Waals surface area contributed by atoms with Crippen molar-refractivity contribution in [3.63, 3.8) is 0 Å². The molecule has 84 valence electrons. The monoisotopic (exact) mass is 318 g/mol. The lowest BCUT2D eigenvalue weighted by atomic mass is 10.2. The maximum atomic E-state index is 6.00. The van der Waals surface area contributed by atoms with Gasteiger partial charge in [-0.25, -0.2) is 4.98 Å². The van der Waals surface area contributed by atoms with Crippen LogP contribution in [0.25, 0.3) is 11.3 Å². The summed E-state index contributed by atoms with van der Waals surface area (Å²) in [5.41, 5.74) is 1.99. The minimum atomic E-state index is 0.546.